The second kappa shape index (κ2) is 7.71. The molecule has 1 aromatic heterocycles. The van der Waals surface area contributed by atoms with Gasteiger partial charge in [-0.3, -0.25) is 0 Å². The van der Waals surface area contributed by atoms with Crippen molar-refractivity contribution < 1.29 is 0 Å². The van der Waals surface area contributed by atoms with E-state index < -0.39 is 0 Å². The lowest BCUT2D eigenvalue weighted by Gasteiger charge is -2.17. The summed E-state index contributed by atoms with van der Waals surface area (Å²) in [5.41, 5.74) is 1.89. The van der Waals surface area contributed by atoms with Crippen LogP contribution in [0.2, 0.25) is 10.0 Å². The number of rotatable bonds is 7. The van der Waals surface area contributed by atoms with E-state index in [2.05, 4.69) is 23.4 Å². The first-order valence-electron chi connectivity index (χ1n) is 7.50. The van der Waals surface area contributed by atoms with E-state index in [4.69, 9.17) is 34.8 Å². The first kappa shape index (κ1) is 16.9. The number of aromatic nitrogens is 2. The number of halogens is 3. The largest absolute Gasteiger partial charge is 0.327 e. The summed E-state index contributed by atoms with van der Waals surface area (Å²) in [5.74, 6) is 1.92. The SMILES string of the molecule is CCCCC(CC)Cn1c(CCl)nc2cc(Cl)c(Cl)cc21. The fourth-order valence-electron chi connectivity index (χ4n) is 2.65. The van der Waals surface area contributed by atoms with Crippen molar-refractivity contribution in [2.24, 2.45) is 5.92 Å². The molecule has 0 radical (unpaired) electrons. The zero-order chi connectivity index (χ0) is 15.4. The van der Waals surface area contributed by atoms with E-state index in [-0.39, 0.29) is 0 Å². The summed E-state index contributed by atoms with van der Waals surface area (Å²) in [6.07, 6.45) is 4.87. The average Bonchev–Trinajstić information content (AvgIpc) is 2.81. The number of unbranched alkanes of at least 4 members (excludes halogenated alkanes) is 1. The number of hydrogen-bond acceptors (Lipinski definition) is 1. The molecule has 0 bridgehead atoms. The third-order valence-electron chi connectivity index (χ3n) is 3.97. The van der Waals surface area contributed by atoms with E-state index in [1.165, 1.54) is 19.3 Å². The van der Waals surface area contributed by atoms with Gasteiger partial charge in [0.15, 0.2) is 0 Å². The van der Waals surface area contributed by atoms with E-state index in [0.717, 1.165) is 29.8 Å². The maximum atomic E-state index is 6.16. The second-order valence-corrected chi connectivity index (χ2v) is 6.53. The van der Waals surface area contributed by atoms with E-state index >= 15 is 0 Å². The molecule has 1 aromatic carbocycles. The van der Waals surface area contributed by atoms with Crippen LogP contribution in [0, 0.1) is 5.92 Å². The van der Waals surface area contributed by atoms with Crippen LogP contribution in [0.1, 0.15) is 45.4 Å². The molecule has 1 unspecified atom stereocenters. The molecule has 0 saturated heterocycles. The van der Waals surface area contributed by atoms with Crippen LogP contribution in [0.3, 0.4) is 0 Å². The van der Waals surface area contributed by atoms with Crippen molar-refractivity contribution in [2.75, 3.05) is 0 Å². The minimum absolute atomic E-state index is 0.397. The van der Waals surface area contributed by atoms with Crippen molar-refractivity contribution in [1.29, 1.82) is 0 Å². The molecule has 1 heterocycles. The zero-order valence-corrected chi connectivity index (χ0v) is 14.8. The Morgan fingerprint density at radius 1 is 1.19 bits per heavy atom. The van der Waals surface area contributed by atoms with Crippen LogP contribution >= 0.6 is 34.8 Å². The molecule has 5 heteroatoms. The van der Waals surface area contributed by atoms with Crippen molar-refractivity contribution in [3.8, 4) is 0 Å². The molecule has 0 saturated carbocycles. The van der Waals surface area contributed by atoms with Gasteiger partial charge >= 0.3 is 0 Å². The lowest BCUT2D eigenvalue weighted by atomic mass is 9.99. The molecule has 0 aliphatic carbocycles. The molecule has 0 amide bonds. The number of benzene rings is 1. The number of hydrogen-bond donors (Lipinski definition) is 0. The predicted molar refractivity (Wildman–Crippen MR) is 92.6 cm³/mol. The molecule has 0 aliphatic rings. The maximum Gasteiger partial charge on any atom is 0.124 e. The molecule has 0 fully saturated rings. The van der Waals surface area contributed by atoms with Gasteiger partial charge in [0.05, 0.1) is 27.0 Å². The fourth-order valence-corrected chi connectivity index (χ4v) is 3.17. The topological polar surface area (TPSA) is 17.8 Å². The highest BCUT2D eigenvalue weighted by Gasteiger charge is 2.15. The van der Waals surface area contributed by atoms with Crippen LogP contribution in [0.5, 0.6) is 0 Å². The van der Waals surface area contributed by atoms with Crippen LogP contribution in [-0.4, -0.2) is 9.55 Å². The number of alkyl halides is 1. The van der Waals surface area contributed by atoms with Gasteiger partial charge in [-0.2, -0.15) is 0 Å². The Labute approximate surface area is 141 Å². The molecule has 116 valence electrons. The van der Waals surface area contributed by atoms with Gasteiger partial charge in [0.1, 0.15) is 5.82 Å². The standard InChI is InChI=1S/C16H21Cl3N2/c1-3-5-6-11(4-2)10-21-15-8-13(19)12(18)7-14(15)20-16(21)9-17/h7-8,11H,3-6,9-10H2,1-2H3. The average molecular weight is 348 g/mol. The third kappa shape index (κ3) is 3.85. The monoisotopic (exact) mass is 346 g/mol. The van der Waals surface area contributed by atoms with Crippen molar-refractivity contribution in [3.05, 3.63) is 28.0 Å². The van der Waals surface area contributed by atoms with Crippen LogP contribution in [0.15, 0.2) is 12.1 Å². The van der Waals surface area contributed by atoms with E-state index in [1.54, 1.807) is 0 Å². The predicted octanol–water partition coefficient (Wildman–Crippen LogP) is 6.30. The minimum atomic E-state index is 0.397. The van der Waals surface area contributed by atoms with Crippen molar-refractivity contribution in [1.82, 2.24) is 9.55 Å². The normalized spacial score (nSPS) is 13.0. The summed E-state index contributed by atoms with van der Waals surface area (Å²) < 4.78 is 2.20. The minimum Gasteiger partial charge on any atom is -0.327 e. The summed E-state index contributed by atoms with van der Waals surface area (Å²) in [6, 6.07) is 3.72. The first-order chi connectivity index (χ1) is 10.1. The van der Waals surface area contributed by atoms with Gasteiger partial charge < -0.3 is 4.57 Å². The number of fused-ring (bicyclic) bond motifs is 1. The van der Waals surface area contributed by atoms with E-state index in [0.29, 0.717) is 21.8 Å². The van der Waals surface area contributed by atoms with Crippen molar-refractivity contribution in [2.45, 2.75) is 52.0 Å². The lowest BCUT2D eigenvalue weighted by molar-refractivity contribution is 0.391. The summed E-state index contributed by atoms with van der Waals surface area (Å²) >= 11 is 18.3. The Kier molecular flexibility index (Phi) is 6.21. The molecular weight excluding hydrogens is 327 g/mol. The Hall–Kier alpha value is -0.440. The van der Waals surface area contributed by atoms with Gasteiger partial charge in [-0.1, -0.05) is 56.3 Å². The number of imidazole rings is 1. The van der Waals surface area contributed by atoms with Gasteiger partial charge in [0.25, 0.3) is 0 Å². The van der Waals surface area contributed by atoms with Crippen LogP contribution in [0.25, 0.3) is 11.0 Å². The van der Waals surface area contributed by atoms with E-state index in [9.17, 15) is 0 Å². The third-order valence-corrected chi connectivity index (χ3v) is 4.93. The second-order valence-electron chi connectivity index (χ2n) is 5.44. The first-order valence-corrected chi connectivity index (χ1v) is 8.79. The molecule has 2 nitrogen and oxygen atoms in total. The molecule has 2 rings (SSSR count). The smallest absolute Gasteiger partial charge is 0.124 e. The number of nitrogens with zero attached hydrogens (tertiary/aromatic N) is 2. The van der Waals surface area contributed by atoms with E-state index in [1.807, 2.05) is 12.1 Å². The van der Waals surface area contributed by atoms with Gasteiger partial charge in [-0.25, -0.2) is 4.98 Å². The molecular formula is C16H21Cl3N2. The molecule has 1 atom stereocenters. The molecule has 2 aromatic rings. The van der Waals surface area contributed by atoms with Crippen LogP contribution < -0.4 is 0 Å². The molecule has 0 aliphatic heterocycles. The quantitative estimate of drug-likeness (QED) is 0.537. The highest BCUT2D eigenvalue weighted by atomic mass is 35.5. The highest BCUT2D eigenvalue weighted by molar-refractivity contribution is 6.42. The van der Waals surface area contributed by atoms with Crippen molar-refractivity contribution in [3.63, 3.8) is 0 Å². The molecule has 0 spiro atoms. The van der Waals surface area contributed by atoms with Crippen LogP contribution in [0.4, 0.5) is 0 Å². The van der Waals surface area contributed by atoms with Crippen LogP contribution in [-0.2, 0) is 12.4 Å². The summed E-state index contributed by atoms with van der Waals surface area (Å²) in [7, 11) is 0. The van der Waals surface area contributed by atoms with Crippen molar-refractivity contribution >= 4 is 45.8 Å². The van der Waals surface area contributed by atoms with Gasteiger partial charge in [-0.05, 0) is 24.5 Å². The summed E-state index contributed by atoms with van der Waals surface area (Å²) in [5, 5.41) is 1.10. The molecule has 0 N–H and O–H groups in total. The summed E-state index contributed by atoms with van der Waals surface area (Å²) in [4.78, 5) is 4.59. The Balaban J connectivity index is 2.38. The maximum absolute atomic E-state index is 6.16. The summed E-state index contributed by atoms with van der Waals surface area (Å²) in [6.45, 7) is 5.40. The molecule has 21 heavy (non-hydrogen) atoms. The highest BCUT2D eigenvalue weighted by Crippen LogP contribution is 2.30. The van der Waals surface area contributed by atoms with Gasteiger partial charge in [0, 0.05) is 6.54 Å². The zero-order valence-electron chi connectivity index (χ0n) is 12.5. The Bertz CT molecular complexity index is 607. The lowest BCUT2D eigenvalue weighted by Crippen LogP contribution is -2.12. The van der Waals surface area contributed by atoms with Gasteiger partial charge in [0.2, 0.25) is 0 Å². The Morgan fingerprint density at radius 2 is 1.90 bits per heavy atom. The Morgan fingerprint density at radius 3 is 2.52 bits per heavy atom. The fraction of sp³-hybridized carbons (Fsp3) is 0.562. The van der Waals surface area contributed by atoms with Gasteiger partial charge in [-0.15, -0.1) is 11.6 Å².